The summed E-state index contributed by atoms with van der Waals surface area (Å²) in [5, 5.41) is 0. The van der Waals surface area contributed by atoms with Crippen LogP contribution in [0.3, 0.4) is 0 Å². The number of rotatable bonds is 3. The predicted molar refractivity (Wildman–Crippen MR) is 57.8 cm³/mol. The molecule has 0 aromatic heterocycles. The third-order valence-corrected chi connectivity index (χ3v) is 2.23. The minimum atomic E-state index is -0.300. The molecule has 0 saturated carbocycles. The summed E-state index contributed by atoms with van der Waals surface area (Å²) in [7, 11) is 0. The fourth-order valence-electron chi connectivity index (χ4n) is 0.790. The molecule has 0 unspecified atom stereocenters. The summed E-state index contributed by atoms with van der Waals surface area (Å²) in [6, 6.07) is 7.61. The van der Waals surface area contributed by atoms with E-state index in [-0.39, 0.29) is 11.7 Å². The Morgan fingerprint density at radius 3 is 2.54 bits per heavy atom. The molecule has 13 heavy (non-hydrogen) atoms. The van der Waals surface area contributed by atoms with Crippen LogP contribution in [-0.2, 0) is 16.1 Å². The molecule has 2 nitrogen and oxygen atoms in total. The molecule has 0 radical (unpaired) electrons. The number of carbonyl (C=O) groups is 1. The highest BCUT2D eigenvalue weighted by molar-refractivity contribution is 9.10. The first-order chi connectivity index (χ1) is 6.22. The van der Waals surface area contributed by atoms with Crippen LogP contribution in [0.4, 0.5) is 0 Å². The third-order valence-electron chi connectivity index (χ3n) is 1.44. The lowest BCUT2D eigenvalue weighted by Crippen LogP contribution is -2.05. The maximum absolute atomic E-state index is 10.7. The lowest BCUT2D eigenvalue weighted by Gasteiger charge is -2.02. The van der Waals surface area contributed by atoms with Crippen LogP contribution in [0.15, 0.2) is 28.7 Å². The number of halogens is 1. The van der Waals surface area contributed by atoms with Crippen molar-refractivity contribution in [2.45, 2.75) is 6.61 Å². The predicted octanol–water partition coefficient (Wildman–Crippen LogP) is 2.42. The molecular formula is C9H9BrO2S. The van der Waals surface area contributed by atoms with Crippen LogP contribution in [0.25, 0.3) is 0 Å². The van der Waals surface area contributed by atoms with Gasteiger partial charge in [-0.25, -0.2) is 0 Å². The minimum absolute atomic E-state index is 0.122. The highest BCUT2D eigenvalue weighted by Gasteiger charge is 1.99. The first-order valence-electron chi connectivity index (χ1n) is 3.73. The van der Waals surface area contributed by atoms with Crippen molar-refractivity contribution in [3.05, 3.63) is 34.3 Å². The van der Waals surface area contributed by atoms with E-state index in [0.29, 0.717) is 6.61 Å². The lowest BCUT2D eigenvalue weighted by atomic mass is 10.2. The summed E-state index contributed by atoms with van der Waals surface area (Å²) in [5.74, 6) is -0.178. The average molecular weight is 261 g/mol. The van der Waals surface area contributed by atoms with E-state index in [1.54, 1.807) is 0 Å². The van der Waals surface area contributed by atoms with E-state index < -0.39 is 0 Å². The highest BCUT2D eigenvalue weighted by Crippen LogP contribution is 2.11. The quantitative estimate of drug-likeness (QED) is 0.668. The average Bonchev–Trinajstić information content (AvgIpc) is 2.16. The number of hydrogen-bond acceptors (Lipinski definition) is 3. The molecule has 0 spiro atoms. The molecule has 0 N–H and O–H groups in total. The van der Waals surface area contributed by atoms with Gasteiger partial charge in [0, 0.05) is 4.47 Å². The van der Waals surface area contributed by atoms with Crippen LogP contribution in [0.2, 0.25) is 0 Å². The number of hydrogen-bond donors (Lipinski definition) is 1. The molecule has 70 valence electrons. The van der Waals surface area contributed by atoms with Crippen LogP contribution in [-0.4, -0.2) is 11.7 Å². The molecule has 0 bridgehead atoms. The van der Waals surface area contributed by atoms with Gasteiger partial charge in [-0.05, 0) is 17.7 Å². The van der Waals surface area contributed by atoms with E-state index >= 15 is 0 Å². The standard InChI is InChI=1S/C9H9BrO2S/c10-8-3-1-7(2-4-8)5-12-9(11)6-13/h1-4,13H,5-6H2. The molecule has 0 atom stereocenters. The van der Waals surface area contributed by atoms with Crippen LogP contribution in [0, 0.1) is 0 Å². The largest absolute Gasteiger partial charge is 0.460 e. The van der Waals surface area contributed by atoms with E-state index in [1.807, 2.05) is 24.3 Å². The molecule has 1 rings (SSSR count). The summed E-state index contributed by atoms with van der Waals surface area (Å²) in [6.45, 7) is 0.312. The third kappa shape index (κ3) is 3.83. The Balaban J connectivity index is 2.46. The highest BCUT2D eigenvalue weighted by atomic mass is 79.9. The number of ether oxygens (including phenoxy) is 1. The minimum Gasteiger partial charge on any atom is -0.460 e. The van der Waals surface area contributed by atoms with Gasteiger partial charge in [0.25, 0.3) is 0 Å². The lowest BCUT2D eigenvalue weighted by molar-refractivity contribution is -0.141. The SMILES string of the molecule is O=C(CS)OCc1ccc(Br)cc1. The molecule has 0 aliphatic rings. The second kappa shape index (κ2) is 5.29. The smallest absolute Gasteiger partial charge is 0.315 e. The first kappa shape index (κ1) is 10.6. The monoisotopic (exact) mass is 260 g/mol. The Morgan fingerprint density at radius 2 is 2.00 bits per heavy atom. The van der Waals surface area contributed by atoms with Crippen molar-refractivity contribution in [3.8, 4) is 0 Å². The molecule has 1 aromatic rings. The maximum Gasteiger partial charge on any atom is 0.315 e. The van der Waals surface area contributed by atoms with Gasteiger partial charge in [0.05, 0.1) is 5.75 Å². The normalized spacial score (nSPS) is 9.69. The molecule has 0 aliphatic heterocycles. The summed E-state index contributed by atoms with van der Waals surface area (Å²) >= 11 is 7.12. The molecule has 0 saturated heterocycles. The van der Waals surface area contributed by atoms with Gasteiger partial charge in [-0.1, -0.05) is 28.1 Å². The van der Waals surface area contributed by atoms with Crippen LogP contribution >= 0.6 is 28.6 Å². The Morgan fingerprint density at radius 1 is 1.38 bits per heavy atom. The van der Waals surface area contributed by atoms with E-state index in [2.05, 4.69) is 28.6 Å². The topological polar surface area (TPSA) is 26.3 Å². The zero-order chi connectivity index (χ0) is 9.68. The van der Waals surface area contributed by atoms with Crippen LogP contribution < -0.4 is 0 Å². The van der Waals surface area contributed by atoms with Crippen molar-refractivity contribution in [3.63, 3.8) is 0 Å². The van der Waals surface area contributed by atoms with Gasteiger partial charge < -0.3 is 4.74 Å². The fraction of sp³-hybridized carbons (Fsp3) is 0.222. The molecular weight excluding hydrogens is 252 g/mol. The van der Waals surface area contributed by atoms with Crippen LogP contribution in [0.5, 0.6) is 0 Å². The van der Waals surface area contributed by atoms with E-state index in [9.17, 15) is 4.79 Å². The Labute approximate surface area is 90.8 Å². The van der Waals surface area contributed by atoms with Gasteiger partial charge in [0.1, 0.15) is 6.61 Å². The first-order valence-corrected chi connectivity index (χ1v) is 5.16. The van der Waals surface area contributed by atoms with Crippen molar-refractivity contribution >= 4 is 34.5 Å². The number of benzene rings is 1. The number of thiol groups is 1. The van der Waals surface area contributed by atoms with Gasteiger partial charge in [-0.3, -0.25) is 4.79 Å². The molecule has 0 aliphatic carbocycles. The van der Waals surface area contributed by atoms with Crippen molar-refractivity contribution in [2.75, 3.05) is 5.75 Å². The zero-order valence-corrected chi connectivity index (χ0v) is 9.35. The fourth-order valence-corrected chi connectivity index (χ4v) is 1.15. The molecule has 4 heteroatoms. The molecule has 0 heterocycles. The van der Waals surface area contributed by atoms with Crippen molar-refractivity contribution in [2.24, 2.45) is 0 Å². The molecule has 0 amide bonds. The van der Waals surface area contributed by atoms with Crippen molar-refractivity contribution < 1.29 is 9.53 Å². The van der Waals surface area contributed by atoms with Crippen molar-refractivity contribution in [1.82, 2.24) is 0 Å². The summed E-state index contributed by atoms with van der Waals surface area (Å²) in [6.07, 6.45) is 0. The van der Waals surface area contributed by atoms with Gasteiger partial charge in [-0.15, -0.1) is 0 Å². The van der Waals surface area contributed by atoms with E-state index in [0.717, 1.165) is 10.0 Å². The summed E-state index contributed by atoms with van der Waals surface area (Å²) < 4.78 is 5.90. The second-order valence-electron chi connectivity index (χ2n) is 2.45. The second-order valence-corrected chi connectivity index (χ2v) is 3.68. The Hall–Kier alpha value is -0.480. The van der Waals surface area contributed by atoms with Gasteiger partial charge in [0.15, 0.2) is 0 Å². The van der Waals surface area contributed by atoms with Crippen molar-refractivity contribution in [1.29, 1.82) is 0 Å². The number of esters is 1. The molecule has 1 aromatic carbocycles. The molecule has 0 fully saturated rings. The summed E-state index contributed by atoms with van der Waals surface area (Å²) in [4.78, 5) is 10.7. The van der Waals surface area contributed by atoms with Gasteiger partial charge in [0.2, 0.25) is 0 Å². The number of carbonyl (C=O) groups excluding carboxylic acids is 1. The van der Waals surface area contributed by atoms with Crippen LogP contribution in [0.1, 0.15) is 5.56 Å². The van der Waals surface area contributed by atoms with Gasteiger partial charge >= 0.3 is 5.97 Å². The Kier molecular flexibility index (Phi) is 4.32. The van der Waals surface area contributed by atoms with Gasteiger partial charge in [-0.2, -0.15) is 12.6 Å². The van der Waals surface area contributed by atoms with E-state index in [1.165, 1.54) is 0 Å². The Bertz CT molecular complexity index is 284. The summed E-state index contributed by atoms with van der Waals surface area (Å²) in [5.41, 5.74) is 0.971. The maximum atomic E-state index is 10.7. The van der Waals surface area contributed by atoms with E-state index in [4.69, 9.17) is 4.74 Å². The zero-order valence-electron chi connectivity index (χ0n) is 6.87.